The second-order valence-corrected chi connectivity index (χ2v) is 7.17. The van der Waals surface area contributed by atoms with E-state index < -0.39 is 10.0 Å². The third-order valence-corrected chi connectivity index (χ3v) is 5.62. The summed E-state index contributed by atoms with van der Waals surface area (Å²) in [6, 6.07) is 0.438. The molecule has 0 bridgehead atoms. The molecule has 0 aliphatic carbocycles. The molecule has 8 heteroatoms. The zero-order valence-corrected chi connectivity index (χ0v) is 13.1. The topological polar surface area (TPSA) is 84.5 Å². The average Bonchev–Trinajstić information content (AvgIpc) is 2.81. The number of rotatable bonds is 4. The van der Waals surface area contributed by atoms with Crippen molar-refractivity contribution in [2.24, 2.45) is 0 Å². The Kier molecular flexibility index (Phi) is 4.36. The van der Waals surface area contributed by atoms with Gasteiger partial charge in [-0.3, -0.25) is 9.58 Å². The van der Waals surface area contributed by atoms with E-state index >= 15 is 0 Å². The number of hydrogen-bond acceptors (Lipinski definition) is 5. The smallest absolute Gasteiger partial charge is 0.248 e. The molecular weight excluding hydrogens is 278 g/mol. The normalized spacial score (nSPS) is 18.8. The van der Waals surface area contributed by atoms with Gasteiger partial charge < -0.3 is 5.73 Å². The van der Waals surface area contributed by atoms with Gasteiger partial charge in [0.25, 0.3) is 0 Å². The zero-order valence-electron chi connectivity index (χ0n) is 12.3. The Balaban J connectivity index is 2.17. The predicted molar refractivity (Wildman–Crippen MR) is 77.8 cm³/mol. The summed E-state index contributed by atoms with van der Waals surface area (Å²) in [5.74, 6) is 0.0816. The predicted octanol–water partition coefficient (Wildman–Crippen LogP) is 0.200. The van der Waals surface area contributed by atoms with Gasteiger partial charge in [-0.05, 0) is 20.8 Å². The van der Waals surface area contributed by atoms with Crippen molar-refractivity contribution in [3.05, 3.63) is 6.20 Å². The van der Waals surface area contributed by atoms with E-state index in [0.29, 0.717) is 25.7 Å². The number of hydrogen-bond donors (Lipinski definition) is 1. The highest BCUT2D eigenvalue weighted by Crippen LogP contribution is 2.22. The molecule has 114 valence electrons. The molecule has 7 nitrogen and oxygen atoms in total. The van der Waals surface area contributed by atoms with E-state index in [0.717, 1.165) is 13.1 Å². The van der Waals surface area contributed by atoms with Gasteiger partial charge in [-0.15, -0.1) is 0 Å². The van der Waals surface area contributed by atoms with E-state index in [1.807, 2.05) is 6.92 Å². The first-order valence-corrected chi connectivity index (χ1v) is 8.37. The highest BCUT2D eigenvalue weighted by atomic mass is 32.2. The first-order valence-electron chi connectivity index (χ1n) is 6.93. The maximum atomic E-state index is 12.6. The molecular formula is C12H23N5O2S. The van der Waals surface area contributed by atoms with Crippen LogP contribution < -0.4 is 5.73 Å². The molecule has 1 fully saturated rings. The van der Waals surface area contributed by atoms with Gasteiger partial charge in [-0.1, -0.05) is 0 Å². The fraction of sp³-hybridized carbons (Fsp3) is 0.750. The quantitative estimate of drug-likeness (QED) is 0.859. The molecule has 1 saturated heterocycles. The molecule has 2 heterocycles. The van der Waals surface area contributed by atoms with Gasteiger partial charge in [0, 0.05) is 45.0 Å². The summed E-state index contributed by atoms with van der Waals surface area (Å²) in [7, 11) is -3.53. The molecule has 1 aliphatic heterocycles. The summed E-state index contributed by atoms with van der Waals surface area (Å²) >= 11 is 0. The van der Waals surface area contributed by atoms with Gasteiger partial charge >= 0.3 is 0 Å². The van der Waals surface area contributed by atoms with Crippen LogP contribution in [-0.4, -0.2) is 59.6 Å². The molecule has 2 rings (SSSR count). The highest BCUT2D eigenvalue weighted by Gasteiger charge is 2.31. The van der Waals surface area contributed by atoms with Crippen LogP contribution in [0.25, 0.3) is 0 Å². The lowest BCUT2D eigenvalue weighted by Crippen LogP contribution is -2.50. The van der Waals surface area contributed by atoms with Gasteiger partial charge in [-0.25, -0.2) is 8.42 Å². The van der Waals surface area contributed by atoms with E-state index in [9.17, 15) is 8.42 Å². The Morgan fingerprint density at radius 2 is 1.90 bits per heavy atom. The summed E-state index contributed by atoms with van der Waals surface area (Å²) in [6.45, 7) is 9.22. The van der Waals surface area contributed by atoms with Gasteiger partial charge in [0.2, 0.25) is 10.0 Å². The molecule has 1 aliphatic rings. The van der Waals surface area contributed by atoms with Gasteiger partial charge in [0.05, 0.1) is 0 Å². The van der Waals surface area contributed by atoms with Crippen LogP contribution in [0, 0.1) is 0 Å². The number of piperazine rings is 1. The van der Waals surface area contributed by atoms with Crippen molar-refractivity contribution < 1.29 is 8.42 Å². The minimum atomic E-state index is -3.53. The lowest BCUT2D eigenvalue weighted by Gasteiger charge is -2.36. The number of anilines is 1. The molecule has 0 unspecified atom stereocenters. The van der Waals surface area contributed by atoms with Crippen LogP contribution in [0.3, 0.4) is 0 Å². The fourth-order valence-electron chi connectivity index (χ4n) is 2.38. The van der Waals surface area contributed by atoms with Crippen LogP contribution in [-0.2, 0) is 16.6 Å². The standard InChI is InChI=1S/C12H23N5O2S/c1-4-16-9-11(12(13)14-16)20(18,19)17-7-5-15(6-8-17)10(2)3/h9-10H,4-8H2,1-3H3,(H2,13,14). The molecule has 0 radical (unpaired) electrons. The van der Waals surface area contributed by atoms with Crippen LogP contribution in [0.1, 0.15) is 20.8 Å². The van der Waals surface area contributed by atoms with Crippen molar-refractivity contribution in [1.29, 1.82) is 0 Å². The van der Waals surface area contributed by atoms with Crippen LogP contribution in [0.5, 0.6) is 0 Å². The van der Waals surface area contributed by atoms with Gasteiger partial charge in [-0.2, -0.15) is 9.40 Å². The Morgan fingerprint density at radius 1 is 1.30 bits per heavy atom. The maximum absolute atomic E-state index is 12.6. The summed E-state index contributed by atoms with van der Waals surface area (Å²) in [6.07, 6.45) is 1.51. The number of nitrogens with two attached hydrogens (primary N) is 1. The number of aromatic nitrogens is 2. The number of nitrogen functional groups attached to an aromatic ring is 1. The molecule has 20 heavy (non-hydrogen) atoms. The molecule has 0 spiro atoms. The third-order valence-electron chi connectivity index (χ3n) is 3.70. The molecule has 1 aromatic heterocycles. The molecule has 0 atom stereocenters. The van der Waals surface area contributed by atoms with E-state index in [1.54, 1.807) is 4.68 Å². The van der Waals surface area contributed by atoms with Crippen LogP contribution in [0.15, 0.2) is 11.1 Å². The summed E-state index contributed by atoms with van der Waals surface area (Å²) < 4.78 is 28.2. The van der Waals surface area contributed by atoms with Crippen molar-refractivity contribution >= 4 is 15.8 Å². The first-order chi connectivity index (χ1) is 9.36. The number of nitrogens with zero attached hydrogens (tertiary/aromatic N) is 4. The van der Waals surface area contributed by atoms with E-state index in [4.69, 9.17) is 5.73 Å². The number of sulfonamides is 1. The summed E-state index contributed by atoms with van der Waals surface area (Å²) in [5, 5.41) is 4.01. The Hall–Kier alpha value is -1.12. The highest BCUT2D eigenvalue weighted by molar-refractivity contribution is 7.89. The Labute approximate surface area is 120 Å². The van der Waals surface area contributed by atoms with E-state index in [1.165, 1.54) is 10.5 Å². The van der Waals surface area contributed by atoms with Gasteiger partial charge in [0.1, 0.15) is 4.90 Å². The minimum absolute atomic E-state index is 0.0816. The lowest BCUT2D eigenvalue weighted by atomic mass is 10.3. The largest absolute Gasteiger partial charge is 0.381 e. The zero-order chi connectivity index (χ0) is 14.9. The van der Waals surface area contributed by atoms with Crippen molar-refractivity contribution in [2.45, 2.75) is 38.3 Å². The lowest BCUT2D eigenvalue weighted by molar-refractivity contribution is 0.154. The first kappa shape index (κ1) is 15.3. The molecule has 0 saturated carbocycles. The van der Waals surface area contributed by atoms with Crippen LogP contribution in [0.2, 0.25) is 0 Å². The van der Waals surface area contributed by atoms with Crippen LogP contribution >= 0.6 is 0 Å². The summed E-state index contributed by atoms with van der Waals surface area (Å²) in [5.41, 5.74) is 5.74. The monoisotopic (exact) mass is 301 g/mol. The SMILES string of the molecule is CCn1cc(S(=O)(=O)N2CCN(C(C)C)CC2)c(N)n1. The third kappa shape index (κ3) is 2.82. The average molecular weight is 301 g/mol. The molecule has 2 N–H and O–H groups in total. The van der Waals surface area contributed by atoms with Gasteiger partial charge in [0.15, 0.2) is 5.82 Å². The van der Waals surface area contributed by atoms with Crippen molar-refractivity contribution in [1.82, 2.24) is 19.0 Å². The molecule has 0 aromatic carbocycles. The molecule has 1 aromatic rings. The second kappa shape index (κ2) is 5.71. The van der Waals surface area contributed by atoms with E-state index in [2.05, 4.69) is 23.8 Å². The summed E-state index contributed by atoms with van der Waals surface area (Å²) in [4.78, 5) is 2.39. The van der Waals surface area contributed by atoms with Crippen LogP contribution in [0.4, 0.5) is 5.82 Å². The Bertz CT molecular complexity index is 558. The minimum Gasteiger partial charge on any atom is -0.381 e. The Morgan fingerprint density at radius 3 is 2.35 bits per heavy atom. The van der Waals surface area contributed by atoms with Crippen molar-refractivity contribution in [3.8, 4) is 0 Å². The fourth-order valence-corrected chi connectivity index (χ4v) is 3.86. The molecule has 0 amide bonds. The van der Waals surface area contributed by atoms with Crippen molar-refractivity contribution in [3.63, 3.8) is 0 Å². The number of aryl methyl sites for hydroxylation is 1. The van der Waals surface area contributed by atoms with E-state index in [-0.39, 0.29) is 10.7 Å². The maximum Gasteiger partial charge on any atom is 0.248 e. The van der Waals surface area contributed by atoms with Crippen molar-refractivity contribution in [2.75, 3.05) is 31.9 Å². The second-order valence-electron chi connectivity index (χ2n) is 5.27.